The number of nitrogens with one attached hydrogen (secondary N) is 1. The lowest BCUT2D eigenvalue weighted by molar-refractivity contribution is -0.122. The lowest BCUT2D eigenvalue weighted by atomic mass is 10.1. The Kier molecular flexibility index (Phi) is 5.76. The van der Waals surface area contributed by atoms with Gasteiger partial charge in [-0.2, -0.15) is 0 Å². The predicted octanol–water partition coefficient (Wildman–Crippen LogP) is 2.14. The zero-order chi connectivity index (χ0) is 14.4. The highest BCUT2D eigenvalue weighted by Gasteiger charge is 2.08. The number of nitrogens with two attached hydrogens (primary N) is 1. The minimum atomic E-state index is -0.459. The molecule has 3 N–H and O–H groups in total. The fourth-order valence-electron chi connectivity index (χ4n) is 1.57. The molecule has 0 fully saturated rings. The molecule has 0 heterocycles. The van der Waals surface area contributed by atoms with Crippen molar-refractivity contribution < 1.29 is 13.9 Å². The molecule has 0 aliphatic rings. The third-order valence-electron chi connectivity index (χ3n) is 2.52. The van der Waals surface area contributed by atoms with Gasteiger partial charge in [0.05, 0.1) is 13.0 Å². The second-order valence-corrected chi connectivity index (χ2v) is 4.80. The number of hydrogen-bond donors (Lipinski definition) is 2. The molecule has 5 heteroatoms. The van der Waals surface area contributed by atoms with Gasteiger partial charge in [0.15, 0.2) is 11.6 Å². The van der Waals surface area contributed by atoms with Crippen LogP contribution in [0, 0.1) is 5.82 Å². The van der Waals surface area contributed by atoms with Gasteiger partial charge in [-0.3, -0.25) is 4.79 Å². The van der Waals surface area contributed by atoms with E-state index in [0.29, 0.717) is 5.56 Å². The molecule has 0 unspecified atom stereocenters. The molecule has 0 saturated heterocycles. The Morgan fingerprint density at radius 3 is 2.63 bits per heavy atom. The van der Waals surface area contributed by atoms with Crippen molar-refractivity contribution in [2.24, 2.45) is 5.73 Å². The van der Waals surface area contributed by atoms with Crippen LogP contribution in [0.4, 0.5) is 4.39 Å². The maximum absolute atomic E-state index is 13.7. The number of benzene rings is 1. The Labute approximate surface area is 113 Å². The van der Waals surface area contributed by atoms with Gasteiger partial charge < -0.3 is 15.8 Å². The summed E-state index contributed by atoms with van der Waals surface area (Å²) < 4.78 is 18.9. The van der Waals surface area contributed by atoms with Crippen LogP contribution < -0.4 is 15.8 Å². The van der Waals surface area contributed by atoms with E-state index in [1.165, 1.54) is 12.1 Å². The summed E-state index contributed by atoms with van der Waals surface area (Å²) >= 11 is 0. The van der Waals surface area contributed by atoms with Crippen LogP contribution in [0.2, 0.25) is 0 Å². The quantitative estimate of drug-likeness (QED) is 0.830. The van der Waals surface area contributed by atoms with Crippen LogP contribution in [0.5, 0.6) is 5.75 Å². The number of rotatable bonds is 6. The summed E-state index contributed by atoms with van der Waals surface area (Å²) in [7, 11) is 0. The lowest BCUT2D eigenvalue weighted by Gasteiger charge is -2.11. The Morgan fingerprint density at radius 1 is 1.42 bits per heavy atom. The van der Waals surface area contributed by atoms with Gasteiger partial charge in [0, 0.05) is 12.1 Å². The maximum Gasteiger partial charge on any atom is 0.223 e. The first-order valence-electron chi connectivity index (χ1n) is 6.37. The number of carbonyl (C=O) groups excluding carboxylic acids is 1. The summed E-state index contributed by atoms with van der Waals surface area (Å²) in [6, 6.07) is 4.48. The van der Waals surface area contributed by atoms with E-state index in [9.17, 15) is 9.18 Å². The van der Waals surface area contributed by atoms with Crippen LogP contribution in [0.15, 0.2) is 18.2 Å². The molecule has 1 aromatic rings. The predicted molar refractivity (Wildman–Crippen MR) is 72.4 cm³/mol. The largest absolute Gasteiger partial charge is 0.490 e. The standard InChI is InChI=1S/C14H21FN2O2/c1-9(2)17-14(18)6-7-19-13-5-4-11(10(3)16)8-12(13)15/h4-5,8-10H,6-7,16H2,1-3H3,(H,17,18)/t10-/m1/s1. The Balaban J connectivity index is 2.48. The van der Waals surface area contributed by atoms with Crippen LogP contribution in [-0.4, -0.2) is 18.6 Å². The molecule has 0 radical (unpaired) electrons. The van der Waals surface area contributed by atoms with Crippen molar-refractivity contribution in [3.05, 3.63) is 29.6 Å². The van der Waals surface area contributed by atoms with Crippen molar-refractivity contribution >= 4 is 5.91 Å². The van der Waals surface area contributed by atoms with Crippen LogP contribution >= 0.6 is 0 Å². The van der Waals surface area contributed by atoms with Crippen molar-refractivity contribution in [2.45, 2.75) is 39.3 Å². The van der Waals surface area contributed by atoms with Gasteiger partial charge in [0.25, 0.3) is 0 Å². The summed E-state index contributed by atoms with van der Waals surface area (Å²) in [5, 5.41) is 2.74. The molecule has 1 amide bonds. The van der Waals surface area contributed by atoms with E-state index in [1.807, 2.05) is 13.8 Å². The molecular formula is C14H21FN2O2. The lowest BCUT2D eigenvalue weighted by Crippen LogP contribution is -2.31. The monoisotopic (exact) mass is 268 g/mol. The van der Waals surface area contributed by atoms with Gasteiger partial charge >= 0.3 is 0 Å². The molecule has 4 nitrogen and oxygen atoms in total. The van der Waals surface area contributed by atoms with E-state index in [0.717, 1.165) is 0 Å². The molecule has 19 heavy (non-hydrogen) atoms. The topological polar surface area (TPSA) is 64.3 Å². The van der Waals surface area contributed by atoms with Gasteiger partial charge in [-0.1, -0.05) is 6.07 Å². The first-order valence-corrected chi connectivity index (χ1v) is 6.37. The van der Waals surface area contributed by atoms with Crippen LogP contribution in [0.25, 0.3) is 0 Å². The molecule has 106 valence electrons. The van der Waals surface area contributed by atoms with Gasteiger partial charge in [-0.25, -0.2) is 4.39 Å². The fraction of sp³-hybridized carbons (Fsp3) is 0.500. The molecule has 0 aliphatic heterocycles. The van der Waals surface area contributed by atoms with Crippen molar-refractivity contribution in [3.8, 4) is 5.75 Å². The highest BCUT2D eigenvalue weighted by atomic mass is 19.1. The minimum absolute atomic E-state index is 0.0922. The second-order valence-electron chi connectivity index (χ2n) is 4.80. The number of hydrogen-bond acceptors (Lipinski definition) is 3. The van der Waals surface area contributed by atoms with Crippen molar-refractivity contribution in [1.29, 1.82) is 0 Å². The first kappa shape index (κ1) is 15.4. The van der Waals surface area contributed by atoms with Crippen LogP contribution in [-0.2, 0) is 4.79 Å². The van der Waals surface area contributed by atoms with E-state index in [2.05, 4.69) is 5.32 Å². The molecule has 0 saturated carbocycles. The number of carbonyl (C=O) groups is 1. The molecule has 1 rings (SSSR count). The van der Waals surface area contributed by atoms with Crippen LogP contribution in [0.1, 0.15) is 38.8 Å². The van der Waals surface area contributed by atoms with Gasteiger partial charge in [-0.15, -0.1) is 0 Å². The Morgan fingerprint density at radius 2 is 2.11 bits per heavy atom. The van der Waals surface area contributed by atoms with Gasteiger partial charge in [-0.05, 0) is 38.5 Å². The van der Waals surface area contributed by atoms with Crippen molar-refractivity contribution in [3.63, 3.8) is 0 Å². The van der Waals surface area contributed by atoms with Gasteiger partial charge in [0.2, 0.25) is 5.91 Å². The number of ether oxygens (including phenoxy) is 1. The maximum atomic E-state index is 13.7. The SMILES string of the molecule is CC(C)NC(=O)CCOc1ccc([C@@H](C)N)cc1F. The summed E-state index contributed by atoms with van der Waals surface area (Å²) in [6.07, 6.45) is 0.201. The zero-order valence-corrected chi connectivity index (χ0v) is 11.6. The molecule has 0 aliphatic carbocycles. The number of amides is 1. The first-order chi connectivity index (χ1) is 8.90. The van der Waals surface area contributed by atoms with E-state index >= 15 is 0 Å². The average molecular weight is 268 g/mol. The minimum Gasteiger partial charge on any atom is -0.490 e. The fourth-order valence-corrected chi connectivity index (χ4v) is 1.57. The van der Waals surface area contributed by atoms with Crippen molar-refractivity contribution in [2.75, 3.05) is 6.61 Å². The van der Waals surface area contributed by atoms with Crippen molar-refractivity contribution in [1.82, 2.24) is 5.32 Å². The molecule has 0 aromatic heterocycles. The third-order valence-corrected chi connectivity index (χ3v) is 2.52. The summed E-state index contributed by atoms with van der Waals surface area (Å²) in [4.78, 5) is 11.4. The molecule has 0 spiro atoms. The van der Waals surface area contributed by atoms with Gasteiger partial charge in [0.1, 0.15) is 0 Å². The van der Waals surface area contributed by atoms with E-state index < -0.39 is 5.82 Å². The van der Waals surface area contributed by atoms with E-state index in [4.69, 9.17) is 10.5 Å². The molecule has 1 atom stereocenters. The number of halogens is 1. The Hall–Kier alpha value is -1.62. The highest BCUT2D eigenvalue weighted by Crippen LogP contribution is 2.21. The summed E-state index contributed by atoms with van der Waals surface area (Å²) in [5.74, 6) is -0.427. The Bertz CT molecular complexity index is 433. The van der Waals surface area contributed by atoms with E-state index in [-0.39, 0.29) is 36.8 Å². The molecular weight excluding hydrogens is 247 g/mol. The summed E-state index contributed by atoms with van der Waals surface area (Å²) in [5.41, 5.74) is 6.37. The molecule has 1 aromatic carbocycles. The smallest absolute Gasteiger partial charge is 0.223 e. The second kappa shape index (κ2) is 7.09. The van der Waals surface area contributed by atoms with Crippen LogP contribution in [0.3, 0.4) is 0 Å². The third kappa shape index (κ3) is 5.26. The zero-order valence-electron chi connectivity index (χ0n) is 11.6. The normalized spacial score (nSPS) is 12.3. The van der Waals surface area contributed by atoms with E-state index in [1.54, 1.807) is 13.0 Å². The summed E-state index contributed by atoms with van der Waals surface area (Å²) in [6.45, 7) is 5.69. The highest BCUT2D eigenvalue weighted by molar-refractivity contribution is 5.76. The molecule has 0 bridgehead atoms. The average Bonchev–Trinajstić information content (AvgIpc) is 2.29.